The largest absolute Gasteiger partial charge is 0.366 e. The number of aromatic nitrogens is 1. The topological polar surface area (TPSA) is 87.0 Å². The van der Waals surface area contributed by atoms with E-state index in [9.17, 15) is 9.18 Å². The number of amides is 1. The molecular weight excluding hydrogens is 275 g/mol. The Morgan fingerprint density at radius 3 is 3.05 bits per heavy atom. The van der Waals surface area contributed by atoms with Crippen LogP contribution in [-0.2, 0) is 9.53 Å². The summed E-state index contributed by atoms with van der Waals surface area (Å²) < 4.78 is 18.5. The molecule has 0 saturated carbocycles. The number of nitrogens with zero attached hydrogens (tertiary/aromatic N) is 2. The van der Waals surface area contributed by atoms with Crippen molar-refractivity contribution in [3.63, 3.8) is 0 Å². The van der Waals surface area contributed by atoms with Crippen LogP contribution >= 0.6 is 12.4 Å². The van der Waals surface area contributed by atoms with Crippen molar-refractivity contribution in [3.8, 4) is 6.07 Å². The highest BCUT2D eigenvalue weighted by Crippen LogP contribution is 2.11. The first kappa shape index (κ1) is 15.3. The van der Waals surface area contributed by atoms with E-state index in [1.807, 2.05) is 0 Å². The lowest BCUT2D eigenvalue weighted by Gasteiger charge is -2.22. The Balaban J connectivity index is 0.00000180. The van der Waals surface area contributed by atoms with Gasteiger partial charge in [0.1, 0.15) is 12.2 Å². The first-order valence-corrected chi connectivity index (χ1v) is 5.39. The van der Waals surface area contributed by atoms with Gasteiger partial charge in [-0.25, -0.2) is 9.37 Å². The summed E-state index contributed by atoms with van der Waals surface area (Å²) in [6, 6.07) is 2.66. The monoisotopic (exact) mass is 286 g/mol. The van der Waals surface area contributed by atoms with Crippen molar-refractivity contribution in [2.45, 2.75) is 6.10 Å². The first-order chi connectivity index (χ1) is 8.70. The minimum Gasteiger partial charge on any atom is -0.366 e. The van der Waals surface area contributed by atoms with E-state index in [0.717, 1.165) is 6.07 Å². The lowest BCUT2D eigenvalue weighted by molar-refractivity contribution is -0.128. The SMILES string of the molecule is Cl.N#Cc1ncc(NC(=O)[C@H]2CNCCO2)cc1F. The maximum Gasteiger partial charge on any atom is 0.254 e. The fourth-order valence-electron chi connectivity index (χ4n) is 1.55. The molecule has 102 valence electrons. The second kappa shape index (κ2) is 6.99. The van der Waals surface area contributed by atoms with Gasteiger partial charge in [-0.3, -0.25) is 4.79 Å². The van der Waals surface area contributed by atoms with Crippen LogP contribution in [0, 0.1) is 17.1 Å². The molecule has 2 heterocycles. The lowest BCUT2D eigenvalue weighted by atomic mass is 10.2. The average molecular weight is 287 g/mol. The maximum absolute atomic E-state index is 13.3. The molecule has 0 radical (unpaired) electrons. The molecule has 1 aromatic heterocycles. The molecule has 1 aliphatic heterocycles. The Morgan fingerprint density at radius 2 is 2.47 bits per heavy atom. The van der Waals surface area contributed by atoms with E-state index in [0.29, 0.717) is 19.7 Å². The highest BCUT2D eigenvalue weighted by Gasteiger charge is 2.22. The smallest absolute Gasteiger partial charge is 0.254 e. The molecule has 8 heteroatoms. The van der Waals surface area contributed by atoms with Gasteiger partial charge in [0.05, 0.1) is 18.5 Å². The normalized spacial score (nSPS) is 18.0. The molecule has 0 aliphatic carbocycles. The number of halogens is 2. The van der Waals surface area contributed by atoms with E-state index in [4.69, 9.17) is 10.00 Å². The predicted octanol–water partition coefficient (Wildman–Crippen LogP) is 0.441. The number of anilines is 1. The second-order valence-electron chi connectivity index (χ2n) is 3.72. The minimum atomic E-state index is -0.766. The van der Waals surface area contributed by atoms with Crippen LogP contribution < -0.4 is 10.6 Å². The van der Waals surface area contributed by atoms with Crippen molar-refractivity contribution in [2.75, 3.05) is 25.0 Å². The Morgan fingerprint density at radius 1 is 1.68 bits per heavy atom. The number of carbonyl (C=O) groups is 1. The van der Waals surface area contributed by atoms with Gasteiger partial charge in [0.25, 0.3) is 5.91 Å². The van der Waals surface area contributed by atoms with Crippen molar-refractivity contribution >= 4 is 24.0 Å². The number of hydrogen-bond acceptors (Lipinski definition) is 5. The molecule has 0 spiro atoms. The zero-order valence-corrected chi connectivity index (χ0v) is 10.7. The van der Waals surface area contributed by atoms with Gasteiger partial charge in [-0.1, -0.05) is 0 Å². The van der Waals surface area contributed by atoms with Crippen LogP contribution in [0.5, 0.6) is 0 Å². The molecule has 1 saturated heterocycles. The molecule has 1 amide bonds. The van der Waals surface area contributed by atoms with Crippen molar-refractivity contribution in [3.05, 3.63) is 23.8 Å². The summed E-state index contributed by atoms with van der Waals surface area (Å²) in [4.78, 5) is 15.3. The van der Waals surface area contributed by atoms with Gasteiger partial charge in [0, 0.05) is 19.2 Å². The van der Waals surface area contributed by atoms with E-state index < -0.39 is 11.9 Å². The number of morpholine rings is 1. The molecule has 1 aliphatic rings. The number of ether oxygens (including phenoxy) is 1. The van der Waals surface area contributed by atoms with Gasteiger partial charge in [-0.05, 0) is 0 Å². The molecule has 1 aromatic rings. The molecule has 6 nitrogen and oxygen atoms in total. The fourth-order valence-corrected chi connectivity index (χ4v) is 1.55. The third-order valence-corrected chi connectivity index (χ3v) is 2.43. The van der Waals surface area contributed by atoms with Crippen LogP contribution in [0.15, 0.2) is 12.3 Å². The fraction of sp³-hybridized carbons (Fsp3) is 0.364. The number of hydrogen-bond donors (Lipinski definition) is 2. The molecule has 2 rings (SSSR count). The zero-order valence-electron chi connectivity index (χ0n) is 9.85. The molecule has 0 unspecified atom stereocenters. The summed E-state index contributed by atoms with van der Waals surface area (Å²) in [6.07, 6.45) is 0.632. The molecule has 0 aromatic carbocycles. The molecule has 1 fully saturated rings. The molecule has 0 bridgehead atoms. The van der Waals surface area contributed by atoms with Crippen molar-refractivity contribution in [1.82, 2.24) is 10.3 Å². The van der Waals surface area contributed by atoms with Gasteiger partial charge in [-0.2, -0.15) is 5.26 Å². The summed E-state index contributed by atoms with van der Waals surface area (Å²) >= 11 is 0. The summed E-state index contributed by atoms with van der Waals surface area (Å²) in [7, 11) is 0. The number of rotatable bonds is 2. The van der Waals surface area contributed by atoms with E-state index in [-0.39, 0.29) is 29.7 Å². The number of carbonyl (C=O) groups excluding carboxylic acids is 1. The number of nitrogens with one attached hydrogen (secondary N) is 2. The molecule has 2 N–H and O–H groups in total. The quantitative estimate of drug-likeness (QED) is 0.824. The van der Waals surface area contributed by atoms with Gasteiger partial charge >= 0.3 is 0 Å². The van der Waals surface area contributed by atoms with Crippen LogP contribution in [0.25, 0.3) is 0 Å². The molecule has 1 atom stereocenters. The highest BCUT2D eigenvalue weighted by atomic mass is 35.5. The third kappa shape index (κ3) is 3.86. The molecular formula is C11H12ClFN4O2. The summed E-state index contributed by atoms with van der Waals surface area (Å²) in [5.74, 6) is -1.13. The minimum absolute atomic E-state index is 0. The van der Waals surface area contributed by atoms with Crippen LogP contribution in [0.4, 0.5) is 10.1 Å². The van der Waals surface area contributed by atoms with E-state index in [1.54, 1.807) is 6.07 Å². The van der Waals surface area contributed by atoms with Crippen molar-refractivity contribution in [1.29, 1.82) is 5.26 Å². The van der Waals surface area contributed by atoms with Crippen LogP contribution in [0.1, 0.15) is 5.69 Å². The first-order valence-electron chi connectivity index (χ1n) is 5.39. The number of nitriles is 1. The maximum atomic E-state index is 13.3. The van der Waals surface area contributed by atoms with E-state index in [1.165, 1.54) is 6.20 Å². The third-order valence-electron chi connectivity index (χ3n) is 2.43. The van der Waals surface area contributed by atoms with Crippen LogP contribution in [0.3, 0.4) is 0 Å². The summed E-state index contributed by atoms with van der Waals surface area (Å²) in [5, 5.41) is 14.0. The Labute approximate surface area is 115 Å². The second-order valence-corrected chi connectivity index (χ2v) is 3.72. The lowest BCUT2D eigenvalue weighted by Crippen LogP contribution is -2.45. The summed E-state index contributed by atoms with van der Waals surface area (Å²) in [5.41, 5.74) is -0.103. The zero-order chi connectivity index (χ0) is 13.0. The molecule has 19 heavy (non-hydrogen) atoms. The Bertz CT molecular complexity index is 500. The van der Waals surface area contributed by atoms with E-state index >= 15 is 0 Å². The van der Waals surface area contributed by atoms with Crippen molar-refractivity contribution < 1.29 is 13.9 Å². The van der Waals surface area contributed by atoms with Crippen molar-refractivity contribution in [2.24, 2.45) is 0 Å². The standard InChI is InChI=1S/C11H11FN4O2.ClH/c12-8-3-7(5-15-9(8)4-13)16-11(17)10-6-14-1-2-18-10;/h3,5,10,14H,1-2,6H2,(H,16,17);1H/t10-;/m1./s1. The van der Waals surface area contributed by atoms with Crippen LogP contribution in [0.2, 0.25) is 0 Å². The highest BCUT2D eigenvalue weighted by molar-refractivity contribution is 5.94. The van der Waals surface area contributed by atoms with Gasteiger partial charge in [0.15, 0.2) is 11.5 Å². The summed E-state index contributed by atoms with van der Waals surface area (Å²) in [6.45, 7) is 1.58. The van der Waals surface area contributed by atoms with Crippen LogP contribution in [-0.4, -0.2) is 36.7 Å². The predicted molar refractivity (Wildman–Crippen MR) is 67.4 cm³/mol. The van der Waals surface area contributed by atoms with Gasteiger partial charge in [0.2, 0.25) is 0 Å². The van der Waals surface area contributed by atoms with E-state index in [2.05, 4.69) is 15.6 Å². The number of pyridine rings is 1. The van der Waals surface area contributed by atoms with Gasteiger partial charge in [-0.15, -0.1) is 12.4 Å². The Kier molecular flexibility index (Phi) is 5.63. The average Bonchev–Trinajstić information content (AvgIpc) is 2.40. The van der Waals surface area contributed by atoms with Gasteiger partial charge < -0.3 is 15.4 Å². The Hall–Kier alpha value is -1.75.